The van der Waals surface area contributed by atoms with Crippen LogP contribution in [-0.4, -0.2) is 79.6 Å². The Balaban J connectivity index is 0.00000274. The molecule has 2 aromatic heterocycles. The third-order valence-electron chi connectivity index (χ3n) is 7.02. The van der Waals surface area contributed by atoms with E-state index in [1.807, 2.05) is 6.92 Å². The zero-order valence-corrected chi connectivity index (χ0v) is 20.0. The molecule has 11 heteroatoms. The van der Waals surface area contributed by atoms with E-state index in [2.05, 4.69) is 20.1 Å². The van der Waals surface area contributed by atoms with E-state index in [0.29, 0.717) is 36.5 Å². The number of fused-ring (bicyclic) bond motifs is 1. The van der Waals surface area contributed by atoms with Gasteiger partial charge in [0.25, 0.3) is 5.95 Å². The van der Waals surface area contributed by atoms with Crippen molar-refractivity contribution in [2.24, 2.45) is 0 Å². The second kappa shape index (κ2) is 10.4. The topological polar surface area (TPSA) is 101 Å². The summed E-state index contributed by atoms with van der Waals surface area (Å²) >= 11 is 0. The number of amides is 1. The molecule has 2 aliphatic heterocycles. The van der Waals surface area contributed by atoms with Crippen molar-refractivity contribution in [2.75, 3.05) is 32.8 Å². The van der Waals surface area contributed by atoms with Crippen molar-refractivity contribution in [1.29, 1.82) is 0 Å². The van der Waals surface area contributed by atoms with Gasteiger partial charge in [-0.2, -0.15) is 14.8 Å². The smallest absolute Gasteiger partial charge is 0.291 e. The monoisotopic (exact) mass is 492 g/mol. The van der Waals surface area contributed by atoms with Crippen LogP contribution in [0, 0.1) is 5.82 Å². The number of benzene rings is 1. The third-order valence-corrected chi connectivity index (χ3v) is 7.02. The summed E-state index contributed by atoms with van der Waals surface area (Å²) in [6, 6.07) is 5.10. The molecule has 4 heterocycles. The van der Waals surface area contributed by atoms with Crippen molar-refractivity contribution in [3.63, 3.8) is 0 Å². The lowest BCUT2D eigenvalue weighted by molar-refractivity contribution is -0.135. The number of carbonyl (C=O) groups is 1. The molecule has 0 unspecified atom stereocenters. The quantitative estimate of drug-likeness (QED) is 0.584. The average Bonchev–Trinajstić information content (AvgIpc) is 3.48. The minimum absolute atomic E-state index is 0. The molecule has 3 aromatic rings. The number of rotatable bonds is 5. The van der Waals surface area contributed by atoms with Crippen molar-refractivity contribution >= 4 is 29.2 Å². The summed E-state index contributed by atoms with van der Waals surface area (Å²) in [4.78, 5) is 20.5. The highest BCUT2D eigenvalue weighted by atomic mass is 35.5. The molecule has 2 saturated heterocycles. The molecule has 9 nitrogen and oxygen atoms in total. The first-order chi connectivity index (χ1) is 16.1. The maximum atomic E-state index is 13.9. The highest BCUT2D eigenvalue weighted by Gasteiger charge is 2.32. The Kier molecular flexibility index (Phi) is 7.49. The number of nitrogens with zero attached hydrogens (tertiary/aromatic N) is 6. The molecule has 0 aliphatic carbocycles. The first kappa shape index (κ1) is 24.6. The van der Waals surface area contributed by atoms with Crippen LogP contribution >= 0.6 is 12.4 Å². The lowest BCUT2D eigenvalue weighted by Gasteiger charge is -2.41. The van der Waals surface area contributed by atoms with E-state index in [1.165, 1.54) is 12.1 Å². The van der Waals surface area contributed by atoms with Crippen LogP contribution in [0.15, 0.2) is 22.7 Å². The normalized spacial score (nSPS) is 18.4. The van der Waals surface area contributed by atoms with Crippen LogP contribution in [-0.2, 0) is 11.2 Å². The van der Waals surface area contributed by atoms with Crippen molar-refractivity contribution in [1.82, 2.24) is 29.7 Å². The lowest BCUT2D eigenvalue weighted by Crippen LogP contribution is -2.49. The number of piperidine rings is 2. The van der Waals surface area contributed by atoms with Gasteiger partial charge in [0.1, 0.15) is 12.4 Å². The Bertz CT molecular complexity index is 1140. The van der Waals surface area contributed by atoms with Crippen LogP contribution in [0.5, 0.6) is 0 Å². The molecule has 5 rings (SSSR count). The van der Waals surface area contributed by atoms with Crippen molar-refractivity contribution in [2.45, 2.75) is 51.0 Å². The second-order valence-electron chi connectivity index (χ2n) is 8.89. The molecular weight excluding hydrogens is 463 g/mol. The van der Waals surface area contributed by atoms with Gasteiger partial charge in [0.2, 0.25) is 11.8 Å². The number of halogens is 2. The average molecular weight is 493 g/mol. The van der Waals surface area contributed by atoms with Gasteiger partial charge >= 0.3 is 0 Å². The second-order valence-corrected chi connectivity index (χ2v) is 8.89. The van der Waals surface area contributed by atoms with Crippen molar-refractivity contribution in [3.05, 3.63) is 35.6 Å². The molecule has 34 heavy (non-hydrogen) atoms. The van der Waals surface area contributed by atoms with Crippen LogP contribution < -0.4 is 0 Å². The van der Waals surface area contributed by atoms with Gasteiger partial charge in [-0.15, -0.1) is 12.4 Å². The lowest BCUT2D eigenvalue weighted by atomic mass is 9.93. The summed E-state index contributed by atoms with van der Waals surface area (Å²) < 4.78 is 21.1. The molecule has 0 bridgehead atoms. The number of carbonyl (C=O) groups excluding carboxylic acids is 1. The zero-order valence-electron chi connectivity index (χ0n) is 19.2. The molecule has 0 spiro atoms. The summed E-state index contributed by atoms with van der Waals surface area (Å²) in [5.74, 6) is 0.615. The van der Waals surface area contributed by atoms with Gasteiger partial charge < -0.3 is 19.4 Å². The summed E-state index contributed by atoms with van der Waals surface area (Å²) in [5.41, 5.74) is 1.51. The van der Waals surface area contributed by atoms with Gasteiger partial charge in [0.05, 0.1) is 11.2 Å². The molecule has 0 radical (unpaired) electrons. The molecule has 0 saturated carbocycles. The van der Waals surface area contributed by atoms with E-state index in [-0.39, 0.29) is 30.0 Å². The Hall–Kier alpha value is -2.56. The SMILES string of the molecule is CCc1nn(-c2noc(C3CCN(C4CCN(C(=O)CO)CC4)CC3)n2)c2cc(F)ccc12.Cl. The fourth-order valence-electron chi connectivity index (χ4n) is 5.14. The Labute approximate surface area is 203 Å². The molecule has 184 valence electrons. The predicted octanol–water partition coefficient (Wildman–Crippen LogP) is 2.69. The summed E-state index contributed by atoms with van der Waals surface area (Å²) in [7, 11) is 0. The Morgan fingerprint density at radius 1 is 1.18 bits per heavy atom. The molecule has 2 aliphatic rings. The van der Waals surface area contributed by atoms with Crippen molar-refractivity contribution in [3.8, 4) is 5.95 Å². The number of likely N-dealkylation sites (tertiary alicyclic amines) is 2. The van der Waals surface area contributed by atoms with Gasteiger partial charge in [0, 0.05) is 36.5 Å². The van der Waals surface area contributed by atoms with E-state index in [1.54, 1.807) is 15.6 Å². The van der Waals surface area contributed by atoms with Crippen LogP contribution in [0.25, 0.3) is 16.9 Å². The number of aliphatic hydroxyl groups excluding tert-OH is 1. The fraction of sp³-hybridized carbons (Fsp3) is 0.565. The molecule has 2 fully saturated rings. The molecular formula is C23H30ClFN6O3. The number of aliphatic hydroxyl groups is 1. The third kappa shape index (κ3) is 4.67. The minimum Gasteiger partial charge on any atom is -0.387 e. The van der Waals surface area contributed by atoms with Gasteiger partial charge in [-0.3, -0.25) is 4.79 Å². The maximum absolute atomic E-state index is 13.9. The zero-order chi connectivity index (χ0) is 22.9. The summed E-state index contributed by atoms with van der Waals surface area (Å²) in [5, 5.41) is 18.7. The summed E-state index contributed by atoms with van der Waals surface area (Å²) in [6.07, 6.45) is 4.44. The minimum atomic E-state index is -0.411. The van der Waals surface area contributed by atoms with Crippen LogP contribution in [0.2, 0.25) is 0 Å². The number of aryl methyl sites for hydroxylation is 1. The van der Waals surface area contributed by atoms with Crippen LogP contribution in [0.3, 0.4) is 0 Å². The van der Waals surface area contributed by atoms with E-state index < -0.39 is 6.61 Å². The predicted molar refractivity (Wildman–Crippen MR) is 126 cm³/mol. The molecule has 0 atom stereocenters. The molecule has 1 aromatic carbocycles. The largest absolute Gasteiger partial charge is 0.387 e. The molecule has 1 N–H and O–H groups in total. The molecule has 1 amide bonds. The van der Waals surface area contributed by atoms with Gasteiger partial charge in [-0.05, 0) is 62.5 Å². The van der Waals surface area contributed by atoms with E-state index >= 15 is 0 Å². The van der Waals surface area contributed by atoms with Gasteiger partial charge in [0.15, 0.2) is 0 Å². The van der Waals surface area contributed by atoms with Crippen LogP contribution in [0.4, 0.5) is 4.39 Å². The van der Waals surface area contributed by atoms with E-state index in [0.717, 1.165) is 56.3 Å². The first-order valence-corrected chi connectivity index (χ1v) is 11.7. The number of aromatic nitrogens is 4. The highest BCUT2D eigenvalue weighted by Crippen LogP contribution is 2.31. The first-order valence-electron chi connectivity index (χ1n) is 11.7. The maximum Gasteiger partial charge on any atom is 0.291 e. The van der Waals surface area contributed by atoms with Gasteiger partial charge in [-0.1, -0.05) is 6.92 Å². The fourth-order valence-corrected chi connectivity index (χ4v) is 5.14. The van der Waals surface area contributed by atoms with Gasteiger partial charge in [-0.25, -0.2) is 4.39 Å². The van der Waals surface area contributed by atoms with E-state index in [4.69, 9.17) is 9.63 Å². The van der Waals surface area contributed by atoms with E-state index in [9.17, 15) is 9.18 Å². The highest BCUT2D eigenvalue weighted by molar-refractivity contribution is 5.85. The van der Waals surface area contributed by atoms with Crippen LogP contribution in [0.1, 0.15) is 50.1 Å². The number of hydrogen-bond donors (Lipinski definition) is 1. The standard InChI is InChI=1S/C23H29FN6O3.ClH/c1-2-19-18-4-3-16(24)13-20(18)30(26-19)23-25-22(33-27-23)15-5-9-28(10-6-15)17-7-11-29(12-8-17)21(32)14-31;/h3-4,13,15,17,31H,2,5-12,14H2,1H3;1H. The summed E-state index contributed by atoms with van der Waals surface area (Å²) in [6.45, 7) is 4.89. The number of hydrogen-bond acceptors (Lipinski definition) is 7. The van der Waals surface area contributed by atoms with Crippen molar-refractivity contribution < 1.29 is 18.8 Å². The Morgan fingerprint density at radius 2 is 1.91 bits per heavy atom. The Morgan fingerprint density at radius 3 is 2.59 bits per heavy atom.